The molecule has 0 spiro atoms. The molecule has 100 valence electrons. The minimum absolute atomic E-state index is 0.157. The van der Waals surface area contributed by atoms with Crippen molar-refractivity contribution in [3.05, 3.63) is 41.7 Å². The van der Waals surface area contributed by atoms with E-state index in [1.54, 1.807) is 4.68 Å². The molecule has 2 unspecified atom stereocenters. The van der Waals surface area contributed by atoms with Gasteiger partial charge in [0.25, 0.3) is 0 Å². The number of aryl methyl sites for hydroxylation is 1. The van der Waals surface area contributed by atoms with Crippen LogP contribution in [0.1, 0.15) is 11.3 Å². The van der Waals surface area contributed by atoms with Crippen LogP contribution in [0.3, 0.4) is 0 Å². The molecule has 0 saturated carbocycles. The Kier molecular flexibility index (Phi) is 3.21. The number of nitrogens with one attached hydrogen (secondary N) is 1. The van der Waals surface area contributed by atoms with E-state index in [0.29, 0.717) is 0 Å². The van der Waals surface area contributed by atoms with E-state index in [-0.39, 0.29) is 12.1 Å². The lowest BCUT2D eigenvalue weighted by atomic mass is 10.0. The Morgan fingerprint density at radius 3 is 3.00 bits per heavy atom. The van der Waals surface area contributed by atoms with Gasteiger partial charge in [-0.15, -0.1) is 5.10 Å². The molecule has 1 aliphatic heterocycles. The summed E-state index contributed by atoms with van der Waals surface area (Å²) in [6.45, 7) is 0. The molecule has 0 amide bonds. The molecule has 1 N–H and O–H groups in total. The van der Waals surface area contributed by atoms with Crippen molar-refractivity contribution in [2.45, 2.75) is 25.0 Å². The van der Waals surface area contributed by atoms with Crippen LogP contribution in [0.4, 0.5) is 0 Å². The van der Waals surface area contributed by atoms with E-state index in [2.05, 4.69) is 27.8 Å². The van der Waals surface area contributed by atoms with Crippen molar-refractivity contribution in [3.63, 3.8) is 0 Å². The number of hydrogen-bond donors (Lipinski definition) is 1. The summed E-state index contributed by atoms with van der Waals surface area (Å²) in [4.78, 5) is 0. The van der Waals surface area contributed by atoms with Gasteiger partial charge in [-0.1, -0.05) is 23.4 Å². The minimum atomic E-state index is 0.157. The average Bonchev–Trinajstić information content (AvgIpc) is 3.01. The van der Waals surface area contributed by atoms with Crippen LogP contribution in [0.2, 0.25) is 0 Å². The molecule has 0 aliphatic carbocycles. The molecule has 2 atom stereocenters. The summed E-state index contributed by atoms with van der Waals surface area (Å²) in [5.41, 5.74) is 2.27. The second kappa shape index (κ2) is 5.01. The molecule has 2 aromatic rings. The van der Waals surface area contributed by atoms with E-state index in [1.807, 2.05) is 32.4 Å². The molecule has 0 radical (unpaired) electrons. The summed E-state index contributed by atoms with van der Waals surface area (Å²) < 4.78 is 7.75. The molecule has 0 fully saturated rings. The van der Waals surface area contributed by atoms with Gasteiger partial charge in [0, 0.05) is 32.1 Å². The van der Waals surface area contributed by atoms with Crippen molar-refractivity contribution in [1.29, 1.82) is 0 Å². The first-order valence-corrected chi connectivity index (χ1v) is 6.53. The van der Waals surface area contributed by atoms with Gasteiger partial charge in [-0.25, -0.2) is 0 Å². The molecular weight excluding hydrogens is 240 g/mol. The molecule has 1 aromatic carbocycles. The predicted octanol–water partition coefficient (Wildman–Crippen LogP) is 0.949. The standard InChI is InChI=1S/C14H18N4O/c1-15-12(8-11-9-18(2)17-16-11)14-7-10-5-3-4-6-13(10)19-14/h3-6,9,12,14-15H,7-8H2,1-2H3. The minimum Gasteiger partial charge on any atom is -0.488 e. The van der Waals surface area contributed by atoms with Crippen molar-refractivity contribution < 1.29 is 4.74 Å². The summed E-state index contributed by atoms with van der Waals surface area (Å²) in [5.74, 6) is 1.01. The van der Waals surface area contributed by atoms with Gasteiger partial charge in [0.1, 0.15) is 11.9 Å². The van der Waals surface area contributed by atoms with Crippen LogP contribution >= 0.6 is 0 Å². The first-order valence-electron chi connectivity index (χ1n) is 6.53. The fourth-order valence-corrected chi connectivity index (χ4v) is 2.57. The van der Waals surface area contributed by atoms with E-state index in [1.165, 1.54) is 5.56 Å². The van der Waals surface area contributed by atoms with Gasteiger partial charge in [0.05, 0.1) is 5.69 Å². The molecule has 5 heteroatoms. The quantitative estimate of drug-likeness (QED) is 0.887. The zero-order valence-corrected chi connectivity index (χ0v) is 11.2. The topological polar surface area (TPSA) is 52.0 Å². The molecule has 19 heavy (non-hydrogen) atoms. The van der Waals surface area contributed by atoms with Crippen molar-refractivity contribution in [2.24, 2.45) is 7.05 Å². The number of likely N-dealkylation sites (N-methyl/N-ethyl adjacent to an activating group) is 1. The average molecular weight is 258 g/mol. The van der Waals surface area contributed by atoms with Crippen LogP contribution in [0.25, 0.3) is 0 Å². The fourth-order valence-electron chi connectivity index (χ4n) is 2.57. The number of benzene rings is 1. The monoisotopic (exact) mass is 258 g/mol. The van der Waals surface area contributed by atoms with E-state index in [0.717, 1.165) is 24.3 Å². The lowest BCUT2D eigenvalue weighted by Gasteiger charge is -2.21. The lowest BCUT2D eigenvalue weighted by molar-refractivity contribution is 0.181. The normalized spacial score (nSPS) is 18.9. The van der Waals surface area contributed by atoms with Crippen LogP contribution in [-0.4, -0.2) is 34.2 Å². The summed E-state index contributed by atoms with van der Waals surface area (Å²) >= 11 is 0. The van der Waals surface area contributed by atoms with Crippen LogP contribution < -0.4 is 10.1 Å². The molecule has 1 aromatic heterocycles. The summed E-state index contributed by atoms with van der Waals surface area (Å²) in [6.07, 6.45) is 3.88. The SMILES string of the molecule is CNC(Cc1cn(C)nn1)C1Cc2ccccc2O1. The van der Waals surface area contributed by atoms with Gasteiger partial charge >= 0.3 is 0 Å². The lowest BCUT2D eigenvalue weighted by Crippen LogP contribution is -2.42. The summed E-state index contributed by atoms with van der Waals surface area (Å²) in [7, 11) is 3.85. The number of hydrogen-bond acceptors (Lipinski definition) is 4. The third kappa shape index (κ3) is 2.46. The van der Waals surface area contributed by atoms with Crippen LogP contribution in [0, 0.1) is 0 Å². The van der Waals surface area contributed by atoms with Crippen LogP contribution in [0.15, 0.2) is 30.5 Å². The molecule has 2 heterocycles. The number of ether oxygens (including phenoxy) is 1. The fraction of sp³-hybridized carbons (Fsp3) is 0.429. The Morgan fingerprint density at radius 2 is 2.32 bits per heavy atom. The van der Waals surface area contributed by atoms with Crippen LogP contribution in [0.5, 0.6) is 5.75 Å². The Bertz CT molecular complexity index is 541. The van der Waals surface area contributed by atoms with E-state index in [4.69, 9.17) is 4.74 Å². The van der Waals surface area contributed by atoms with E-state index in [9.17, 15) is 0 Å². The number of rotatable bonds is 4. The Morgan fingerprint density at radius 1 is 1.47 bits per heavy atom. The van der Waals surface area contributed by atoms with Gasteiger partial charge in [0.2, 0.25) is 0 Å². The molecule has 5 nitrogen and oxygen atoms in total. The summed E-state index contributed by atoms with van der Waals surface area (Å²) in [6, 6.07) is 8.47. The predicted molar refractivity (Wildman–Crippen MR) is 72.1 cm³/mol. The highest BCUT2D eigenvalue weighted by molar-refractivity contribution is 5.37. The van der Waals surface area contributed by atoms with Crippen LogP contribution in [-0.2, 0) is 19.9 Å². The maximum Gasteiger partial charge on any atom is 0.123 e. The van der Waals surface area contributed by atoms with Gasteiger partial charge in [0.15, 0.2) is 0 Å². The summed E-state index contributed by atoms with van der Waals surface area (Å²) in [5, 5.41) is 11.4. The second-order valence-corrected chi connectivity index (χ2v) is 4.95. The maximum atomic E-state index is 6.02. The highest BCUT2D eigenvalue weighted by Crippen LogP contribution is 2.30. The third-order valence-electron chi connectivity index (χ3n) is 3.57. The van der Waals surface area contributed by atoms with E-state index < -0.39 is 0 Å². The Balaban J connectivity index is 1.71. The highest BCUT2D eigenvalue weighted by atomic mass is 16.5. The number of nitrogens with zero attached hydrogens (tertiary/aromatic N) is 3. The van der Waals surface area contributed by atoms with Gasteiger partial charge in [-0.2, -0.15) is 0 Å². The second-order valence-electron chi connectivity index (χ2n) is 4.95. The number of aromatic nitrogens is 3. The van der Waals surface area contributed by atoms with Crippen molar-refractivity contribution >= 4 is 0 Å². The molecule has 0 saturated heterocycles. The molecular formula is C14H18N4O. The Hall–Kier alpha value is -1.88. The number of fused-ring (bicyclic) bond motifs is 1. The zero-order chi connectivity index (χ0) is 13.2. The first-order chi connectivity index (χ1) is 9.26. The van der Waals surface area contributed by atoms with Gasteiger partial charge in [-0.05, 0) is 18.7 Å². The van der Waals surface area contributed by atoms with Crippen molar-refractivity contribution in [3.8, 4) is 5.75 Å². The zero-order valence-electron chi connectivity index (χ0n) is 11.2. The molecule has 1 aliphatic rings. The maximum absolute atomic E-state index is 6.02. The Labute approximate surface area is 112 Å². The van der Waals surface area contributed by atoms with Crippen molar-refractivity contribution in [2.75, 3.05) is 7.05 Å². The third-order valence-corrected chi connectivity index (χ3v) is 3.57. The van der Waals surface area contributed by atoms with Gasteiger partial charge < -0.3 is 10.1 Å². The first kappa shape index (κ1) is 12.2. The smallest absolute Gasteiger partial charge is 0.123 e. The van der Waals surface area contributed by atoms with E-state index >= 15 is 0 Å². The largest absolute Gasteiger partial charge is 0.488 e. The highest BCUT2D eigenvalue weighted by Gasteiger charge is 2.29. The molecule has 3 rings (SSSR count). The van der Waals surface area contributed by atoms with Crippen molar-refractivity contribution in [1.82, 2.24) is 20.3 Å². The van der Waals surface area contributed by atoms with Gasteiger partial charge in [-0.3, -0.25) is 4.68 Å². The molecule has 0 bridgehead atoms. The number of para-hydroxylation sites is 1.